The first-order valence-electron chi connectivity index (χ1n) is 7.59. The van der Waals surface area contributed by atoms with Gasteiger partial charge in [-0.05, 0) is 44.0 Å². The lowest BCUT2D eigenvalue weighted by Crippen LogP contribution is -3.16. The van der Waals surface area contributed by atoms with E-state index >= 15 is 0 Å². The summed E-state index contributed by atoms with van der Waals surface area (Å²) in [4.78, 5) is 1.54. The fraction of sp³-hybridized carbons (Fsp3) is 0.529. The molecule has 21 heavy (non-hydrogen) atoms. The molecule has 0 bridgehead atoms. The van der Waals surface area contributed by atoms with Crippen LogP contribution in [0.3, 0.4) is 0 Å². The Morgan fingerprint density at radius 2 is 2.10 bits per heavy atom. The van der Waals surface area contributed by atoms with Gasteiger partial charge in [0.25, 0.3) is 0 Å². The van der Waals surface area contributed by atoms with E-state index in [9.17, 15) is 0 Å². The Morgan fingerprint density at radius 1 is 1.38 bits per heavy atom. The lowest BCUT2D eigenvalue weighted by Gasteiger charge is -2.32. The van der Waals surface area contributed by atoms with Crippen LogP contribution in [0.5, 0.6) is 5.75 Å². The smallest absolute Gasteiger partial charge is 0.137 e. The Balaban J connectivity index is 1.87. The van der Waals surface area contributed by atoms with E-state index in [1.165, 1.54) is 0 Å². The molecule has 1 aliphatic heterocycles. The molecule has 1 aromatic rings. The second kappa shape index (κ2) is 7.83. The standard InChI is InChI=1S/C17H24ClNO2/c1-4-5-15-10-16(18)6-7-17(15)20-9-8-19-11-13(2)21-14(3)12-19/h4,6-7,10,13-14H,1,5,8-9,11-12H2,2-3H3/p+1/t13-,14+. The zero-order chi connectivity index (χ0) is 15.2. The largest absolute Gasteiger partial charge is 0.487 e. The maximum atomic E-state index is 6.03. The molecule has 3 nitrogen and oxygen atoms in total. The number of rotatable bonds is 6. The summed E-state index contributed by atoms with van der Waals surface area (Å²) in [5, 5.41) is 0.737. The molecule has 1 aliphatic rings. The lowest BCUT2D eigenvalue weighted by molar-refractivity contribution is -0.915. The summed E-state index contributed by atoms with van der Waals surface area (Å²) in [5.74, 6) is 0.910. The van der Waals surface area contributed by atoms with Gasteiger partial charge in [-0.25, -0.2) is 0 Å². The number of ether oxygens (including phenoxy) is 2. The third kappa shape index (κ3) is 5.03. The Morgan fingerprint density at radius 3 is 2.76 bits per heavy atom. The molecule has 1 unspecified atom stereocenters. The summed E-state index contributed by atoms with van der Waals surface area (Å²) in [7, 11) is 0. The molecule has 1 heterocycles. The topological polar surface area (TPSA) is 22.9 Å². The molecule has 0 aliphatic carbocycles. The van der Waals surface area contributed by atoms with Gasteiger partial charge in [0, 0.05) is 5.02 Å². The van der Waals surface area contributed by atoms with Crippen LogP contribution < -0.4 is 9.64 Å². The predicted octanol–water partition coefficient (Wildman–Crippen LogP) is 2.14. The minimum absolute atomic E-state index is 0.329. The minimum atomic E-state index is 0.329. The average molecular weight is 311 g/mol. The van der Waals surface area contributed by atoms with E-state index in [2.05, 4.69) is 20.4 Å². The summed E-state index contributed by atoms with van der Waals surface area (Å²) in [5.41, 5.74) is 1.09. The lowest BCUT2D eigenvalue weighted by atomic mass is 10.1. The highest BCUT2D eigenvalue weighted by Gasteiger charge is 2.25. The molecule has 1 saturated heterocycles. The van der Waals surface area contributed by atoms with Crippen LogP contribution in [0.4, 0.5) is 0 Å². The maximum absolute atomic E-state index is 6.03. The van der Waals surface area contributed by atoms with Crippen LogP contribution in [0.15, 0.2) is 30.9 Å². The van der Waals surface area contributed by atoms with Crippen molar-refractivity contribution in [3.8, 4) is 5.75 Å². The average Bonchev–Trinajstić information content (AvgIpc) is 2.40. The molecule has 0 radical (unpaired) electrons. The summed E-state index contributed by atoms with van der Waals surface area (Å²) in [6.45, 7) is 11.9. The molecule has 2 rings (SSSR count). The van der Waals surface area contributed by atoms with Gasteiger partial charge in [-0.2, -0.15) is 0 Å². The van der Waals surface area contributed by atoms with Gasteiger partial charge < -0.3 is 14.4 Å². The Bertz CT molecular complexity index is 468. The van der Waals surface area contributed by atoms with E-state index in [0.717, 1.165) is 42.4 Å². The molecule has 1 N–H and O–H groups in total. The molecule has 0 amide bonds. The van der Waals surface area contributed by atoms with Crippen molar-refractivity contribution in [1.29, 1.82) is 0 Å². The first-order valence-corrected chi connectivity index (χ1v) is 7.97. The molecule has 0 aromatic heterocycles. The van der Waals surface area contributed by atoms with Crippen molar-refractivity contribution < 1.29 is 14.4 Å². The molecule has 116 valence electrons. The van der Waals surface area contributed by atoms with Crippen molar-refractivity contribution in [3.05, 3.63) is 41.4 Å². The number of hydrogen-bond donors (Lipinski definition) is 1. The van der Waals surface area contributed by atoms with Crippen LogP contribution in [0.1, 0.15) is 19.4 Å². The summed E-state index contributed by atoms with van der Waals surface area (Å²) >= 11 is 6.03. The first kappa shape index (κ1) is 16.3. The van der Waals surface area contributed by atoms with Crippen LogP contribution in [0.2, 0.25) is 5.02 Å². The Hall–Kier alpha value is -1.03. The van der Waals surface area contributed by atoms with Gasteiger partial charge in [0.2, 0.25) is 0 Å². The second-order valence-electron chi connectivity index (χ2n) is 5.76. The molecule has 4 heteroatoms. The van der Waals surface area contributed by atoms with Crippen LogP contribution >= 0.6 is 11.6 Å². The Labute approximate surface area is 132 Å². The number of halogens is 1. The van der Waals surface area contributed by atoms with E-state index < -0.39 is 0 Å². The van der Waals surface area contributed by atoms with Crippen molar-refractivity contribution in [2.45, 2.75) is 32.5 Å². The summed E-state index contributed by atoms with van der Waals surface area (Å²) in [6.07, 6.45) is 3.30. The van der Waals surface area contributed by atoms with Crippen molar-refractivity contribution in [1.82, 2.24) is 0 Å². The predicted molar refractivity (Wildman–Crippen MR) is 86.4 cm³/mol. The van der Waals surface area contributed by atoms with Crippen LogP contribution in [0, 0.1) is 0 Å². The van der Waals surface area contributed by atoms with Crippen molar-refractivity contribution in [3.63, 3.8) is 0 Å². The van der Waals surface area contributed by atoms with E-state index in [-0.39, 0.29) is 0 Å². The van der Waals surface area contributed by atoms with E-state index in [1.807, 2.05) is 24.3 Å². The molecule has 0 saturated carbocycles. The number of benzene rings is 1. The fourth-order valence-corrected chi connectivity index (χ4v) is 3.10. The highest BCUT2D eigenvalue weighted by atomic mass is 35.5. The number of quaternary nitrogens is 1. The van der Waals surface area contributed by atoms with Gasteiger partial charge in [-0.3, -0.25) is 0 Å². The maximum Gasteiger partial charge on any atom is 0.137 e. The molecule has 1 aromatic carbocycles. The fourth-order valence-electron chi connectivity index (χ4n) is 2.90. The van der Waals surface area contributed by atoms with Gasteiger partial charge in [0.05, 0.1) is 0 Å². The number of allylic oxidation sites excluding steroid dienone is 1. The molecular formula is C17H25ClNO2+. The van der Waals surface area contributed by atoms with E-state index in [1.54, 1.807) is 4.90 Å². The Kier molecular flexibility index (Phi) is 6.09. The molecule has 0 spiro atoms. The van der Waals surface area contributed by atoms with Crippen LogP contribution in [-0.4, -0.2) is 38.4 Å². The number of morpholine rings is 1. The number of hydrogen-bond acceptors (Lipinski definition) is 2. The zero-order valence-corrected chi connectivity index (χ0v) is 13.7. The van der Waals surface area contributed by atoms with Crippen molar-refractivity contribution in [2.75, 3.05) is 26.2 Å². The third-order valence-electron chi connectivity index (χ3n) is 3.72. The quantitative estimate of drug-likeness (QED) is 0.814. The minimum Gasteiger partial charge on any atom is -0.487 e. The SMILES string of the molecule is C=CCc1cc(Cl)ccc1OCC[NH+]1C[C@@H](C)O[C@@H](C)C1. The van der Waals surface area contributed by atoms with E-state index in [4.69, 9.17) is 21.1 Å². The zero-order valence-electron chi connectivity index (χ0n) is 12.9. The van der Waals surface area contributed by atoms with Gasteiger partial charge in [-0.1, -0.05) is 17.7 Å². The normalized spacial score (nSPS) is 25.6. The van der Waals surface area contributed by atoms with Crippen molar-refractivity contribution in [2.24, 2.45) is 0 Å². The first-order chi connectivity index (χ1) is 10.1. The van der Waals surface area contributed by atoms with Gasteiger partial charge in [0.1, 0.15) is 44.2 Å². The second-order valence-corrected chi connectivity index (χ2v) is 6.20. The van der Waals surface area contributed by atoms with E-state index in [0.29, 0.717) is 18.8 Å². The van der Waals surface area contributed by atoms with Gasteiger partial charge in [0.15, 0.2) is 0 Å². The summed E-state index contributed by atoms with van der Waals surface area (Å²) in [6, 6.07) is 5.76. The van der Waals surface area contributed by atoms with Crippen molar-refractivity contribution >= 4 is 11.6 Å². The van der Waals surface area contributed by atoms with Crippen LogP contribution in [0.25, 0.3) is 0 Å². The van der Waals surface area contributed by atoms with Gasteiger partial charge in [-0.15, -0.1) is 6.58 Å². The highest BCUT2D eigenvalue weighted by Crippen LogP contribution is 2.23. The summed E-state index contributed by atoms with van der Waals surface area (Å²) < 4.78 is 11.7. The van der Waals surface area contributed by atoms with Gasteiger partial charge >= 0.3 is 0 Å². The molecule has 1 fully saturated rings. The number of nitrogens with one attached hydrogen (secondary N) is 1. The molecule has 3 atom stereocenters. The van der Waals surface area contributed by atoms with Crippen LogP contribution in [-0.2, 0) is 11.2 Å². The third-order valence-corrected chi connectivity index (χ3v) is 3.95. The molecular weight excluding hydrogens is 286 g/mol. The monoisotopic (exact) mass is 310 g/mol. The highest BCUT2D eigenvalue weighted by molar-refractivity contribution is 6.30.